The minimum Gasteiger partial charge on any atom is -0.481 e. The van der Waals surface area contributed by atoms with Crippen LogP contribution in [-0.4, -0.2) is 22.1 Å². The summed E-state index contributed by atoms with van der Waals surface area (Å²) in [6, 6.07) is 8.11. The van der Waals surface area contributed by atoms with Gasteiger partial charge in [0.1, 0.15) is 0 Å². The molecule has 0 bridgehead atoms. The van der Waals surface area contributed by atoms with Crippen molar-refractivity contribution in [2.24, 2.45) is 0 Å². The average Bonchev–Trinajstić information content (AvgIpc) is 2.44. The van der Waals surface area contributed by atoms with Crippen molar-refractivity contribution in [1.29, 1.82) is 0 Å². The second-order valence-corrected chi connectivity index (χ2v) is 5.02. The van der Waals surface area contributed by atoms with Crippen molar-refractivity contribution in [3.8, 4) is 0 Å². The van der Waals surface area contributed by atoms with Crippen LogP contribution in [0.3, 0.4) is 0 Å². The lowest BCUT2D eigenvalue weighted by Gasteiger charge is -2.17. The van der Waals surface area contributed by atoms with Gasteiger partial charge in [-0.15, -0.1) is 0 Å². The van der Waals surface area contributed by atoms with E-state index in [2.05, 4.69) is 29.4 Å². The van der Waals surface area contributed by atoms with Crippen LogP contribution in [0.15, 0.2) is 30.5 Å². The minimum absolute atomic E-state index is 0.00846. The number of aliphatic carboxylic acids is 1. The SMILES string of the molecule is CC[C@H](CC(=O)O)NCc1c(C)ccc2cccnc12. The topological polar surface area (TPSA) is 62.2 Å². The highest BCUT2D eigenvalue weighted by Crippen LogP contribution is 2.20. The Balaban J connectivity index is 2.20. The van der Waals surface area contributed by atoms with Gasteiger partial charge in [-0.25, -0.2) is 0 Å². The molecule has 0 aliphatic carbocycles. The standard InChI is InChI=1S/C16H20N2O2/c1-3-13(9-15(19)20)18-10-14-11(2)6-7-12-5-4-8-17-16(12)14/h4-8,13,18H,3,9-10H2,1-2H3,(H,19,20)/t13-/m1/s1. The Hall–Kier alpha value is -1.94. The highest BCUT2D eigenvalue weighted by Gasteiger charge is 2.12. The van der Waals surface area contributed by atoms with Crippen molar-refractivity contribution in [2.45, 2.75) is 39.3 Å². The summed E-state index contributed by atoms with van der Waals surface area (Å²) in [5, 5.41) is 13.3. The van der Waals surface area contributed by atoms with Crippen LogP contribution in [0.4, 0.5) is 0 Å². The first kappa shape index (κ1) is 14.5. The lowest BCUT2D eigenvalue weighted by Crippen LogP contribution is -2.30. The van der Waals surface area contributed by atoms with E-state index in [1.807, 2.05) is 19.1 Å². The number of hydrogen-bond acceptors (Lipinski definition) is 3. The van der Waals surface area contributed by atoms with Crippen LogP contribution >= 0.6 is 0 Å². The number of nitrogens with zero attached hydrogens (tertiary/aromatic N) is 1. The molecule has 0 saturated carbocycles. The third-order valence-corrected chi connectivity index (χ3v) is 3.60. The third kappa shape index (κ3) is 3.33. The lowest BCUT2D eigenvalue weighted by atomic mass is 10.0. The maximum Gasteiger partial charge on any atom is 0.304 e. The summed E-state index contributed by atoms with van der Waals surface area (Å²) >= 11 is 0. The fourth-order valence-electron chi connectivity index (χ4n) is 2.35. The molecule has 1 aromatic heterocycles. The number of nitrogens with one attached hydrogen (secondary N) is 1. The van der Waals surface area contributed by atoms with E-state index in [-0.39, 0.29) is 12.5 Å². The molecule has 1 atom stereocenters. The van der Waals surface area contributed by atoms with Gasteiger partial charge >= 0.3 is 5.97 Å². The maximum atomic E-state index is 10.8. The molecule has 4 nitrogen and oxygen atoms in total. The van der Waals surface area contributed by atoms with Crippen molar-refractivity contribution in [1.82, 2.24) is 10.3 Å². The summed E-state index contributed by atoms with van der Waals surface area (Å²) in [5.74, 6) is -0.767. The van der Waals surface area contributed by atoms with E-state index in [1.54, 1.807) is 6.20 Å². The van der Waals surface area contributed by atoms with Crippen LogP contribution < -0.4 is 5.32 Å². The number of carboxylic acids is 1. The van der Waals surface area contributed by atoms with Crippen molar-refractivity contribution in [3.63, 3.8) is 0 Å². The zero-order valence-corrected chi connectivity index (χ0v) is 11.9. The summed E-state index contributed by atoms with van der Waals surface area (Å²) in [5.41, 5.74) is 3.31. The number of carboxylic acid groups (broad SMARTS) is 1. The Morgan fingerprint density at radius 3 is 2.90 bits per heavy atom. The summed E-state index contributed by atoms with van der Waals surface area (Å²) in [7, 11) is 0. The number of carbonyl (C=O) groups is 1. The molecule has 4 heteroatoms. The zero-order chi connectivity index (χ0) is 14.5. The molecule has 106 valence electrons. The molecule has 0 fully saturated rings. The summed E-state index contributed by atoms with van der Waals surface area (Å²) in [6.45, 7) is 4.70. The molecule has 1 heterocycles. The molecular weight excluding hydrogens is 252 g/mol. The summed E-state index contributed by atoms with van der Waals surface area (Å²) < 4.78 is 0. The van der Waals surface area contributed by atoms with Gasteiger partial charge in [0, 0.05) is 24.2 Å². The van der Waals surface area contributed by atoms with Crippen LogP contribution in [0.1, 0.15) is 30.9 Å². The molecule has 2 aromatic rings. The molecule has 2 N–H and O–H groups in total. The highest BCUT2D eigenvalue weighted by molar-refractivity contribution is 5.82. The maximum absolute atomic E-state index is 10.8. The van der Waals surface area contributed by atoms with E-state index in [0.717, 1.165) is 22.9 Å². The Kier molecular flexibility index (Phi) is 4.69. The number of pyridine rings is 1. The summed E-state index contributed by atoms with van der Waals surface area (Å²) in [4.78, 5) is 15.3. The van der Waals surface area contributed by atoms with Crippen molar-refractivity contribution >= 4 is 16.9 Å². The fourth-order valence-corrected chi connectivity index (χ4v) is 2.35. The van der Waals surface area contributed by atoms with E-state index >= 15 is 0 Å². The Morgan fingerprint density at radius 1 is 1.40 bits per heavy atom. The quantitative estimate of drug-likeness (QED) is 0.848. The number of aryl methyl sites for hydroxylation is 1. The highest BCUT2D eigenvalue weighted by atomic mass is 16.4. The van der Waals surface area contributed by atoms with Crippen LogP contribution in [0.25, 0.3) is 10.9 Å². The molecule has 0 saturated heterocycles. The smallest absolute Gasteiger partial charge is 0.304 e. The van der Waals surface area contributed by atoms with E-state index in [1.165, 1.54) is 5.56 Å². The number of aromatic nitrogens is 1. The van der Waals surface area contributed by atoms with Gasteiger partial charge in [0.2, 0.25) is 0 Å². The Morgan fingerprint density at radius 2 is 2.20 bits per heavy atom. The Labute approximate surface area is 118 Å². The van der Waals surface area contributed by atoms with E-state index in [0.29, 0.717) is 6.54 Å². The second kappa shape index (κ2) is 6.48. The fraction of sp³-hybridized carbons (Fsp3) is 0.375. The molecule has 2 rings (SSSR count). The van der Waals surface area contributed by atoms with Crippen molar-refractivity contribution < 1.29 is 9.90 Å². The molecule has 0 aliphatic heterocycles. The van der Waals surface area contributed by atoms with Gasteiger partial charge < -0.3 is 10.4 Å². The van der Waals surface area contributed by atoms with Gasteiger partial charge in [-0.05, 0) is 30.5 Å². The molecule has 0 aliphatic rings. The van der Waals surface area contributed by atoms with Crippen LogP contribution in [0.2, 0.25) is 0 Å². The lowest BCUT2D eigenvalue weighted by molar-refractivity contribution is -0.137. The van der Waals surface area contributed by atoms with Gasteiger partial charge in [-0.1, -0.05) is 25.1 Å². The number of benzene rings is 1. The van der Waals surface area contributed by atoms with Gasteiger partial charge in [-0.2, -0.15) is 0 Å². The predicted molar refractivity (Wildman–Crippen MR) is 79.7 cm³/mol. The molecule has 0 unspecified atom stereocenters. The zero-order valence-electron chi connectivity index (χ0n) is 11.9. The average molecular weight is 272 g/mol. The van der Waals surface area contributed by atoms with Gasteiger partial charge in [-0.3, -0.25) is 9.78 Å². The van der Waals surface area contributed by atoms with Crippen LogP contribution in [0.5, 0.6) is 0 Å². The summed E-state index contributed by atoms with van der Waals surface area (Å²) in [6.07, 6.45) is 2.73. The monoisotopic (exact) mass is 272 g/mol. The van der Waals surface area contributed by atoms with Crippen molar-refractivity contribution in [2.75, 3.05) is 0 Å². The largest absolute Gasteiger partial charge is 0.481 e. The first-order valence-electron chi connectivity index (χ1n) is 6.90. The van der Waals surface area contributed by atoms with E-state index in [4.69, 9.17) is 5.11 Å². The third-order valence-electron chi connectivity index (χ3n) is 3.60. The molecule has 0 radical (unpaired) electrons. The number of rotatable bonds is 6. The molecular formula is C16H20N2O2. The Bertz CT molecular complexity index is 610. The van der Waals surface area contributed by atoms with Crippen LogP contribution in [-0.2, 0) is 11.3 Å². The van der Waals surface area contributed by atoms with Crippen LogP contribution in [0, 0.1) is 6.92 Å². The van der Waals surface area contributed by atoms with Gasteiger partial charge in [0.25, 0.3) is 0 Å². The minimum atomic E-state index is -0.767. The molecule has 20 heavy (non-hydrogen) atoms. The van der Waals surface area contributed by atoms with Gasteiger partial charge in [0.15, 0.2) is 0 Å². The number of fused-ring (bicyclic) bond motifs is 1. The molecule has 1 aromatic carbocycles. The first-order valence-corrected chi connectivity index (χ1v) is 6.90. The van der Waals surface area contributed by atoms with E-state index in [9.17, 15) is 4.79 Å². The van der Waals surface area contributed by atoms with Crippen molar-refractivity contribution in [3.05, 3.63) is 41.6 Å². The first-order chi connectivity index (χ1) is 9.61. The number of hydrogen-bond donors (Lipinski definition) is 2. The van der Waals surface area contributed by atoms with Gasteiger partial charge in [0.05, 0.1) is 11.9 Å². The van der Waals surface area contributed by atoms with E-state index < -0.39 is 5.97 Å². The predicted octanol–water partition coefficient (Wildman–Crippen LogP) is 2.89. The molecule has 0 spiro atoms. The normalized spacial score (nSPS) is 12.5. The molecule has 0 amide bonds. The second-order valence-electron chi connectivity index (χ2n) is 5.02.